The van der Waals surface area contributed by atoms with Crippen molar-refractivity contribution < 1.29 is 26.1 Å². The van der Waals surface area contributed by atoms with Gasteiger partial charge in [-0.2, -0.15) is 17.2 Å². The maximum atomic E-state index is 13.0. The number of unbranched alkanes of at least 4 members (excludes halogenated alkanes) is 5. The highest BCUT2D eigenvalue weighted by Crippen LogP contribution is 2.30. The van der Waals surface area contributed by atoms with Gasteiger partial charge in [0.15, 0.2) is 6.17 Å². The molecule has 0 aromatic carbocycles. The predicted molar refractivity (Wildman–Crippen MR) is 59.4 cm³/mol. The van der Waals surface area contributed by atoms with Crippen molar-refractivity contribution in [2.45, 2.75) is 63.3 Å². The number of hydrogen-bond acceptors (Lipinski definition) is 2. The Morgan fingerprint density at radius 3 is 2.06 bits per heavy atom. The summed E-state index contributed by atoms with van der Waals surface area (Å²) < 4.78 is 67.1. The molecule has 0 aliphatic carbocycles. The zero-order valence-electron chi connectivity index (χ0n) is 9.83. The number of alkyl halides is 3. The lowest BCUT2D eigenvalue weighted by Crippen LogP contribution is -2.38. The van der Waals surface area contributed by atoms with E-state index in [1.54, 1.807) is 0 Å². The summed E-state index contributed by atoms with van der Waals surface area (Å²) in [5, 5.41) is -4.70. The topological polar surface area (TPSA) is 54.4 Å². The molecule has 1 unspecified atom stereocenters. The van der Waals surface area contributed by atoms with Crippen molar-refractivity contribution in [1.29, 1.82) is 0 Å². The summed E-state index contributed by atoms with van der Waals surface area (Å²) in [6.45, 7) is 2.03. The Balaban J connectivity index is 3.91. The fourth-order valence-corrected chi connectivity index (χ4v) is 1.87. The Morgan fingerprint density at radius 2 is 1.59 bits per heavy atom. The Labute approximate surface area is 100 Å². The van der Waals surface area contributed by atoms with Crippen molar-refractivity contribution in [3.63, 3.8) is 0 Å². The lowest BCUT2D eigenvalue weighted by molar-refractivity contribution is -0.00708. The van der Waals surface area contributed by atoms with Crippen LogP contribution in [0.15, 0.2) is 0 Å². The van der Waals surface area contributed by atoms with E-state index in [1.165, 1.54) is 0 Å². The molecule has 0 radical (unpaired) electrons. The lowest BCUT2D eigenvalue weighted by atomic mass is 10.1. The van der Waals surface area contributed by atoms with E-state index < -0.39 is 28.0 Å². The summed E-state index contributed by atoms with van der Waals surface area (Å²) in [7, 11) is -5.66. The minimum atomic E-state index is -5.66. The van der Waals surface area contributed by atoms with E-state index in [0.29, 0.717) is 6.42 Å². The largest absolute Gasteiger partial charge is 0.400 e. The second-order valence-corrected chi connectivity index (χ2v) is 5.56. The summed E-state index contributed by atoms with van der Waals surface area (Å²) in [5.41, 5.74) is 0. The summed E-state index contributed by atoms with van der Waals surface area (Å²) >= 11 is 0. The number of hydrogen-bond donors (Lipinski definition) is 1. The minimum Gasteiger partial charge on any atom is -0.281 e. The first-order valence-corrected chi connectivity index (χ1v) is 7.16. The van der Waals surface area contributed by atoms with Crippen LogP contribution in [0, 0.1) is 0 Å². The molecule has 1 atom stereocenters. The molecule has 17 heavy (non-hydrogen) atoms. The van der Waals surface area contributed by atoms with Gasteiger partial charge in [-0.05, 0) is 6.42 Å². The van der Waals surface area contributed by atoms with Gasteiger partial charge in [0.05, 0.1) is 0 Å². The van der Waals surface area contributed by atoms with Gasteiger partial charge in [0, 0.05) is 0 Å². The van der Waals surface area contributed by atoms with Gasteiger partial charge in [-0.1, -0.05) is 45.4 Å². The molecular formula is C10H19F3O3S. The Morgan fingerprint density at radius 1 is 1.12 bits per heavy atom. The summed E-state index contributed by atoms with van der Waals surface area (Å²) in [6.07, 6.45) is 1.24. The molecule has 3 nitrogen and oxygen atoms in total. The summed E-state index contributed by atoms with van der Waals surface area (Å²) in [5.74, 6) is 0. The zero-order valence-corrected chi connectivity index (χ0v) is 10.6. The molecule has 7 heteroatoms. The van der Waals surface area contributed by atoms with Crippen molar-refractivity contribution >= 4 is 10.1 Å². The van der Waals surface area contributed by atoms with Crippen LogP contribution in [0.25, 0.3) is 0 Å². The minimum absolute atomic E-state index is 0.190. The molecule has 0 aromatic rings. The molecule has 0 spiro atoms. The molecular weight excluding hydrogens is 257 g/mol. The van der Waals surface area contributed by atoms with E-state index in [4.69, 9.17) is 4.55 Å². The second-order valence-electron chi connectivity index (χ2n) is 4.06. The van der Waals surface area contributed by atoms with Crippen LogP contribution in [0.4, 0.5) is 13.2 Å². The molecule has 104 valence electrons. The summed E-state index contributed by atoms with van der Waals surface area (Å²) in [4.78, 5) is 0. The third kappa shape index (κ3) is 5.72. The molecule has 0 saturated heterocycles. The zero-order chi connectivity index (χ0) is 13.5. The van der Waals surface area contributed by atoms with E-state index in [0.717, 1.165) is 25.7 Å². The molecule has 0 fully saturated rings. The average molecular weight is 276 g/mol. The first-order valence-electron chi connectivity index (χ1n) is 5.72. The van der Waals surface area contributed by atoms with Gasteiger partial charge >= 0.3 is 15.4 Å². The van der Waals surface area contributed by atoms with Crippen molar-refractivity contribution in [2.24, 2.45) is 0 Å². The highest BCUT2D eigenvalue weighted by atomic mass is 32.2. The quantitative estimate of drug-likeness (QED) is 0.517. The van der Waals surface area contributed by atoms with E-state index in [9.17, 15) is 21.6 Å². The third-order valence-electron chi connectivity index (χ3n) is 2.52. The van der Waals surface area contributed by atoms with Crippen LogP contribution in [0.1, 0.15) is 51.9 Å². The normalized spacial score (nSPS) is 14.9. The SMILES string of the molecule is CCCCCCCCC(F)C(F)(F)S(=O)(=O)O. The molecule has 0 amide bonds. The van der Waals surface area contributed by atoms with E-state index in [2.05, 4.69) is 0 Å². The predicted octanol–water partition coefficient (Wildman–Crippen LogP) is 3.56. The smallest absolute Gasteiger partial charge is 0.281 e. The molecule has 0 heterocycles. The highest BCUT2D eigenvalue weighted by molar-refractivity contribution is 7.86. The first-order chi connectivity index (χ1) is 7.73. The second kappa shape index (κ2) is 7.20. The monoisotopic (exact) mass is 276 g/mol. The van der Waals surface area contributed by atoms with Gasteiger partial charge in [0.25, 0.3) is 0 Å². The van der Waals surface area contributed by atoms with Crippen molar-refractivity contribution in [3.8, 4) is 0 Å². The van der Waals surface area contributed by atoms with Crippen LogP contribution in [0.3, 0.4) is 0 Å². The molecule has 0 aliphatic heterocycles. The average Bonchev–Trinajstić information content (AvgIpc) is 2.21. The van der Waals surface area contributed by atoms with E-state index >= 15 is 0 Å². The Bertz CT molecular complexity index is 304. The van der Waals surface area contributed by atoms with Gasteiger partial charge in [0.1, 0.15) is 0 Å². The van der Waals surface area contributed by atoms with Gasteiger partial charge in [-0.3, -0.25) is 4.55 Å². The third-order valence-corrected chi connectivity index (χ3v) is 3.46. The fraction of sp³-hybridized carbons (Fsp3) is 1.00. The maximum Gasteiger partial charge on any atom is 0.400 e. The number of rotatable bonds is 9. The van der Waals surface area contributed by atoms with Crippen molar-refractivity contribution in [1.82, 2.24) is 0 Å². The maximum absolute atomic E-state index is 13.0. The molecule has 0 aliphatic rings. The Kier molecular flexibility index (Phi) is 7.08. The summed E-state index contributed by atoms with van der Waals surface area (Å²) in [6, 6.07) is 0. The van der Waals surface area contributed by atoms with Crippen LogP contribution >= 0.6 is 0 Å². The first kappa shape index (κ1) is 16.7. The Hall–Kier alpha value is -0.300. The molecule has 0 aromatic heterocycles. The van der Waals surface area contributed by atoms with E-state index in [1.807, 2.05) is 6.92 Å². The highest BCUT2D eigenvalue weighted by Gasteiger charge is 2.52. The van der Waals surface area contributed by atoms with Crippen molar-refractivity contribution in [2.75, 3.05) is 0 Å². The van der Waals surface area contributed by atoms with Gasteiger partial charge in [0.2, 0.25) is 0 Å². The standard InChI is InChI=1S/C10H19F3O3S/c1-2-3-4-5-6-7-8-9(11)10(12,13)17(14,15)16/h9H,2-8H2,1H3,(H,14,15,16). The van der Waals surface area contributed by atoms with Crippen LogP contribution < -0.4 is 0 Å². The molecule has 0 rings (SSSR count). The van der Waals surface area contributed by atoms with Crippen LogP contribution in [0.2, 0.25) is 0 Å². The van der Waals surface area contributed by atoms with Gasteiger partial charge in [-0.25, -0.2) is 4.39 Å². The van der Waals surface area contributed by atoms with Crippen molar-refractivity contribution in [3.05, 3.63) is 0 Å². The molecule has 0 saturated carbocycles. The van der Waals surface area contributed by atoms with Gasteiger partial charge < -0.3 is 0 Å². The fourth-order valence-electron chi connectivity index (χ4n) is 1.43. The molecule has 1 N–H and O–H groups in total. The van der Waals surface area contributed by atoms with Crippen LogP contribution in [-0.4, -0.2) is 24.4 Å². The van der Waals surface area contributed by atoms with Crippen LogP contribution in [-0.2, 0) is 10.1 Å². The van der Waals surface area contributed by atoms with E-state index in [-0.39, 0.29) is 6.42 Å². The number of halogens is 3. The lowest BCUT2D eigenvalue weighted by Gasteiger charge is -2.17. The van der Waals surface area contributed by atoms with Gasteiger partial charge in [-0.15, -0.1) is 0 Å². The van der Waals surface area contributed by atoms with Crippen LogP contribution in [0.5, 0.6) is 0 Å². The molecule has 0 bridgehead atoms.